The second-order valence-electron chi connectivity index (χ2n) is 6.68. The molecule has 0 aromatic carbocycles. The number of aliphatic carboxylic acids is 1. The number of nitrogens with one attached hydrogen (secondary N) is 4. The maximum absolute atomic E-state index is 12.3. The van der Waals surface area contributed by atoms with E-state index in [1.807, 2.05) is 5.32 Å². The van der Waals surface area contributed by atoms with Gasteiger partial charge in [0.2, 0.25) is 17.7 Å². The Morgan fingerprint density at radius 1 is 1.00 bits per heavy atom. The molecule has 1 heterocycles. The molecule has 3 amide bonds. The van der Waals surface area contributed by atoms with Gasteiger partial charge in [0.1, 0.15) is 12.1 Å². The number of carbonyl (C=O) groups is 4. The van der Waals surface area contributed by atoms with Crippen molar-refractivity contribution in [1.82, 2.24) is 21.3 Å². The fourth-order valence-corrected chi connectivity index (χ4v) is 2.67. The van der Waals surface area contributed by atoms with Gasteiger partial charge in [-0.05, 0) is 33.2 Å². The average Bonchev–Trinajstić information content (AvgIpc) is 3.15. The zero-order valence-electron chi connectivity index (χ0n) is 15.7. The fourth-order valence-electron chi connectivity index (χ4n) is 2.67. The Labute approximate surface area is 161 Å². The molecule has 160 valence electrons. The van der Waals surface area contributed by atoms with Gasteiger partial charge < -0.3 is 41.7 Å². The minimum Gasteiger partial charge on any atom is -0.480 e. The second kappa shape index (κ2) is 10.9. The van der Waals surface area contributed by atoms with Gasteiger partial charge >= 0.3 is 5.97 Å². The summed E-state index contributed by atoms with van der Waals surface area (Å²) in [4.78, 5) is 47.8. The highest BCUT2D eigenvalue weighted by Crippen LogP contribution is 2.05. The lowest BCUT2D eigenvalue weighted by molar-refractivity contribution is -0.146. The van der Waals surface area contributed by atoms with Crippen LogP contribution in [0.5, 0.6) is 0 Å². The van der Waals surface area contributed by atoms with E-state index in [1.165, 1.54) is 6.92 Å². The van der Waals surface area contributed by atoms with Crippen molar-refractivity contribution in [2.45, 2.75) is 63.1 Å². The molecule has 12 heteroatoms. The Hall–Kier alpha value is -2.28. The monoisotopic (exact) mass is 404 g/mol. The van der Waals surface area contributed by atoms with Crippen LogP contribution in [-0.2, 0) is 19.2 Å². The predicted molar refractivity (Wildman–Crippen MR) is 94.9 cm³/mol. The van der Waals surface area contributed by atoms with Crippen molar-refractivity contribution in [3.8, 4) is 0 Å². The molecule has 1 fully saturated rings. The van der Waals surface area contributed by atoms with Crippen LogP contribution in [0.4, 0.5) is 0 Å². The zero-order chi connectivity index (χ0) is 21.4. The van der Waals surface area contributed by atoms with Crippen molar-refractivity contribution in [3.05, 3.63) is 0 Å². The quantitative estimate of drug-likeness (QED) is 0.179. The Balaban J connectivity index is 2.76. The lowest BCUT2D eigenvalue weighted by Gasteiger charge is -2.26. The molecular weight excluding hydrogens is 376 g/mol. The molecule has 8 N–H and O–H groups in total. The summed E-state index contributed by atoms with van der Waals surface area (Å²) in [6.45, 7) is 2.26. The Kier molecular flexibility index (Phi) is 9.25. The first kappa shape index (κ1) is 23.8. The predicted octanol–water partition coefficient (Wildman–Crippen LogP) is -3.97. The molecule has 0 saturated carbocycles. The maximum atomic E-state index is 12.3. The Morgan fingerprint density at radius 2 is 1.57 bits per heavy atom. The summed E-state index contributed by atoms with van der Waals surface area (Å²) in [6, 6.07) is -5.06. The van der Waals surface area contributed by atoms with Crippen molar-refractivity contribution < 1.29 is 39.6 Å². The van der Waals surface area contributed by atoms with Crippen LogP contribution in [0.3, 0.4) is 0 Å². The number of aliphatic hydroxyl groups excluding tert-OH is 3. The van der Waals surface area contributed by atoms with Crippen molar-refractivity contribution in [1.29, 1.82) is 0 Å². The van der Waals surface area contributed by atoms with Crippen molar-refractivity contribution in [2.75, 3.05) is 13.2 Å². The zero-order valence-corrected chi connectivity index (χ0v) is 15.7. The molecule has 1 rings (SSSR count). The highest BCUT2D eigenvalue weighted by atomic mass is 16.4. The van der Waals surface area contributed by atoms with Gasteiger partial charge in [-0.15, -0.1) is 0 Å². The second-order valence-corrected chi connectivity index (χ2v) is 6.68. The molecule has 0 bridgehead atoms. The molecular formula is C16H28N4O8. The van der Waals surface area contributed by atoms with Crippen molar-refractivity contribution in [3.63, 3.8) is 0 Å². The van der Waals surface area contributed by atoms with E-state index in [9.17, 15) is 34.5 Å². The largest absolute Gasteiger partial charge is 0.480 e. The lowest BCUT2D eigenvalue weighted by Crippen LogP contribution is -2.61. The molecule has 0 radical (unpaired) electrons. The van der Waals surface area contributed by atoms with Gasteiger partial charge in [0.15, 0.2) is 6.04 Å². The number of aliphatic hydroxyl groups is 3. The van der Waals surface area contributed by atoms with E-state index in [-0.39, 0.29) is 0 Å². The number of carboxylic acids is 1. The molecule has 0 aromatic rings. The summed E-state index contributed by atoms with van der Waals surface area (Å²) in [6.07, 6.45) is -1.46. The summed E-state index contributed by atoms with van der Waals surface area (Å²) in [5.41, 5.74) is 0. The average molecular weight is 404 g/mol. The van der Waals surface area contributed by atoms with E-state index in [2.05, 4.69) is 16.0 Å². The third kappa shape index (κ3) is 6.71. The van der Waals surface area contributed by atoms with Gasteiger partial charge in [-0.2, -0.15) is 0 Å². The van der Waals surface area contributed by atoms with Gasteiger partial charge in [-0.3, -0.25) is 14.4 Å². The summed E-state index contributed by atoms with van der Waals surface area (Å²) in [7, 11) is 0. The number of amides is 3. The molecule has 0 spiro atoms. The van der Waals surface area contributed by atoms with E-state index in [0.29, 0.717) is 13.0 Å². The molecule has 0 aliphatic carbocycles. The van der Waals surface area contributed by atoms with Gasteiger partial charge in [0.05, 0.1) is 24.9 Å². The van der Waals surface area contributed by atoms with Crippen LogP contribution in [0.2, 0.25) is 0 Å². The maximum Gasteiger partial charge on any atom is 0.328 e. The van der Waals surface area contributed by atoms with Gasteiger partial charge in [0.25, 0.3) is 0 Å². The van der Waals surface area contributed by atoms with Crippen LogP contribution < -0.4 is 21.3 Å². The first-order valence-electron chi connectivity index (χ1n) is 8.92. The van der Waals surface area contributed by atoms with Crippen LogP contribution in [0.15, 0.2) is 0 Å². The topological polar surface area (TPSA) is 197 Å². The SMILES string of the molecule is CC(O)C(NC(=O)C(NC(=O)C(CO)NC(=O)C1CCCN1)C(C)O)C(=O)O. The van der Waals surface area contributed by atoms with Crippen molar-refractivity contribution >= 4 is 23.7 Å². The molecule has 12 nitrogen and oxygen atoms in total. The van der Waals surface area contributed by atoms with E-state index in [1.54, 1.807) is 0 Å². The summed E-state index contributed by atoms with van der Waals surface area (Å²) in [5.74, 6) is -3.95. The van der Waals surface area contributed by atoms with E-state index in [4.69, 9.17) is 5.11 Å². The number of hydrogen-bond acceptors (Lipinski definition) is 8. The smallest absolute Gasteiger partial charge is 0.328 e. The summed E-state index contributed by atoms with van der Waals surface area (Å²) >= 11 is 0. The first-order chi connectivity index (χ1) is 13.1. The third-order valence-corrected chi connectivity index (χ3v) is 4.30. The highest BCUT2D eigenvalue weighted by molar-refractivity contribution is 5.94. The molecule has 6 unspecified atom stereocenters. The van der Waals surface area contributed by atoms with E-state index < -0.39 is 66.7 Å². The van der Waals surface area contributed by atoms with Crippen LogP contribution in [0, 0.1) is 0 Å². The minimum absolute atomic E-state index is 0.482. The molecule has 1 saturated heterocycles. The fraction of sp³-hybridized carbons (Fsp3) is 0.750. The minimum atomic E-state index is -1.65. The normalized spacial score (nSPS) is 21.7. The molecule has 6 atom stereocenters. The van der Waals surface area contributed by atoms with Crippen LogP contribution >= 0.6 is 0 Å². The number of hydrogen-bond donors (Lipinski definition) is 8. The van der Waals surface area contributed by atoms with Gasteiger partial charge in [-0.1, -0.05) is 0 Å². The van der Waals surface area contributed by atoms with Gasteiger partial charge in [-0.25, -0.2) is 4.79 Å². The Bertz CT molecular complexity index is 577. The molecule has 0 aromatic heterocycles. The number of carbonyl (C=O) groups excluding carboxylic acids is 3. The van der Waals surface area contributed by atoms with E-state index >= 15 is 0 Å². The summed E-state index contributed by atoms with van der Waals surface area (Å²) in [5, 5.41) is 47.1. The van der Waals surface area contributed by atoms with E-state index in [0.717, 1.165) is 13.3 Å². The van der Waals surface area contributed by atoms with Crippen LogP contribution in [0.1, 0.15) is 26.7 Å². The Morgan fingerprint density at radius 3 is 2.00 bits per heavy atom. The number of carboxylic acid groups (broad SMARTS) is 1. The highest BCUT2D eigenvalue weighted by Gasteiger charge is 2.34. The molecule has 1 aliphatic heterocycles. The third-order valence-electron chi connectivity index (χ3n) is 4.30. The summed E-state index contributed by atoms with van der Waals surface area (Å²) < 4.78 is 0. The standard InChI is InChI=1S/C16H28N4O8/c1-7(22)11(15(26)20-12(8(2)23)16(27)28)19-14(25)10(6-21)18-13(24)9-4-3-5-17-9/h7-12,17,21-23H,3-6H2,1-2H3,(H,18,24)(H,19,25)(H,20,26)(H,27,28). The molecule has 1 aliphatic rings. The lowest BCUT2D eigenvalue weighted by atomic mass is 10.1. The number of rotatable bonds is 10. The van der Waals surface area contributed by atoms with Crippen LogP contribution in [-0.4, -0.2) is 93.6 Å². The van der Waals surface area contributed by atoms with Crippen molar-refractivity contribution in [2.24, 2.45) is 0 Å². The first-order valence-corrected chi connectivity index (χ1v) is 8.92. The van der Waals surface area contributed by atoms with Crippen LogP contribution in [0.25, 0.3) is 0 Å². The van der Waals surface area contributed by atoms with Gasteiger partial charge in [0, 0.05) is 0 Å². The molecule has 28 heavy (non-hydrogen) atoms.